The number of benzene rings is 1. The van der Waals surface area contributed by atoms with Gasteiger partial charge in [0.1, 0.15) is 6.04 Å². The third-order valence-corrected chi connectivity index (χ3v) is 2.65. The summed E-state index contributed by atoms with van der Waals surface area (Å²) >= 11 is 0. The van der Waals surface area contributed by atoms with Gasteiger partial charge in [-0.05, 0) is 18.9 Å². The Labute approximate surface area is 118 Å². The number of Topliss-reactive ketones (excluding diaryl/α,β-unsaturated/α-hetero) is 1. The van der Waals surface area contributed by atoms with Gasteiger partial charge in [0.25, 0.3) is 5.78 Å². The number of hydrogen-bond donors (Lipinski definition) is 1. The largest absolute Gasteiger partial charge is 0.460 e. The number of amides is 1. The van der Waals surface area contributed by atoms with Crippen LogP contribution < -0.4 is 5.32 Å². The number of ketones is 1. The molecule has 1 aromatic rings. The second-order valence-corrected chi connectivity index (χ2v) is 4.25. The molecule has 0 aliphatic rings. The number of rotatable bonds is 7. The van der Waals surface area contributed by atoms with Crippen LogP contribution in [0.3, 0.4) is 0 Å². The maximum Gasteiger partial charge on any atom is 0.377 e. The monoisotopic (exact) mass is 277 g/mol. The van der Waals surface area contributed by atoms with Gasteiger partial charge in [-0.1, -0.05) is 37.3 Å². The minimum atomic E-state index is -0.991. The second kappa shape index (κ2) is 8.09. The van der Waals surface area contributed by atoms with Crippen LogP contribution in [0, 0.1) is 0 Å². The Hall–Kier alpha value is -2.17. The Balaban J connectivity index is 2.93. The highest BCUT2D eigenvalue weighted by atomic mass is 16.5. The van der Waals surface area contributed by atoms with E-state index in [9.17, 15) is 14.4 Å². The molecule has 1 unspecified atom stereocenters. The molecule has 1 rings (SSSR count). The van der Waals surface area contributed by atoms with Crippen LogP contribution in [0.5, 0.6) is 0 Å². The molecule has 0 saturated heterocycles. The van der Waals surface area contributed by atoms with Crippen molar-refractivity contribution < 1.29 is 19.1 Å². The quantitative estimate of drug-likeness (QED) is 0.609. The molecule has 0 heterocycles. The summed E-state index contributed by atoms with van der Waals surface area (Å²) in [5.74, 6) is -1.96. The lowest BCUT2D eigenvalue weighted by atomic mass is 10.0. The molecular weight excluding hydrogens is 258 g/mol. The van der Waals surface area contributed by atoms with Crippen molar-refractivity contribution in [1.82, 2.24) is 5.32 Å². The Morgan fingerprint density at radius 1 is 1.15 bits per heavy atom. The zero-order valence-electron chi connectivity index (χ0n) is 11.7. The minimum Gasteiger partial charge on any atom is -0.460 e. The number of carbonyl (C=O) groups is 3. The minimum absolute atomic E-state index is 0.120. The highest BCUT2D eigenvalue weighted by molar-refractivity contribution is 6.36. The summed E-state index contributed by atoms with van der Waals surface area (Å²) in [5.41, 5.74) is 0.565. The molecule has 1 atom stereocenters. The second-order valence-electron chi connectivity index (χ2n) is 4.25. The van der Waals surface area contributed by atoms with Crippen molar-refractivity contribution in [1.29, 1.82) is 0 Å². The van der Waals surface area contributed by atoms with E-state index >= 15 is 0 Å². The fraction of sp³-hybridized carbons (Fsp3) is 0.400. The van der Waals surface area contributed by atoms with E-state index in [4.69, 9.17) is 4.74 Å². The molecule has 0 aliphatic carbocycles. The van der Waals surface area contributed by atoms with Gasteiger partial charge in [-0.3, -0.25) is 9.59 Å². The summed E-state index contributed by atoms with van der Waals surface area (Å²) in [6.07, 6.45) is 0.973. The molecule has 1 N–H and O–H groups in total. The zero-order chi connectivity index (χ0) is 15.0. The topological polar surface area (TPSA) is 72.5 Å². The first-order valence-electron chi connectivity index (χ1n) is 6.65. The molecule has 0 fully saturated rings. The van der Waals surface area contributed by atoms with E-state index in [-0.39, 0.29) is 12.5 Å². The highest BCUT2D eigenvalue weighted by Crippen LogP contribution is 2.15. The van der Waals surface area contributed by atoms with E-state index < -0.39 is 17.8 Å². The van der Waals surface area contributed by atoms with Crippen molar-refractivity contribution in [2.45, 2.75) is 32.7 Å². The Kier molecular flexibility index (Phi) is 6.43. The maximum atomic E-state index is 12.1. The van der Waals surface area contributed by atoms with Gasteiger partial charge in [0.2, 0.25) is 5.91 Å². The van der Waals surface area contributed by atoms with Crippen molar-refractivity contribution in [2.75, 3.05) is 6.61 Å². The Morgan fingerprint density at radius 2 is 1.80 bits per heavy atom. The lowest BCUT2D eigenvalue weighted by Crippen LogP contribution is -2.37. The van der Waals surface area contributed by atoms with E-state index in [1.807, 2.05) is 6.92 Å². The van der Waals surface area contributed by atoms with Gasteiger partial charge < -0.3 is 10.1 Å². The van der Waals surface area contributed by atoms with Gasteiger partial charge in [0.15, 0.2) is 0 Å². The molecule has 0 aromatic heterocycles. The lowest BCUT2D eigenvalue weighted by molar-refractivity contribution is -0.154. The molecule has 0 aliphatic heterocycles. The van der Waals surface area contributed by atoms with Crippen LogP contribution in [0.4, 0.5) is 0 Å². The summed E-state index contributed by atoms with van der Waals surface area (Å²) in [5, 5.41) is 2.58. The number of hydrogen-bond acceptors (Lipinski definition) is 4. The highest BCUT2D eigenvalue weighted by Gasteiger charge is 2.29. The molecular formula is C15H19NO4. The number of ether oxygens (including phenoxy) is 1. The Morgan fingerprint density at radius 3 is 2.35 bits per heavy atom. The van der Waals surface area contributed by atoms with Crippen LogP contribution >= 0.6 is 0 Å². The lowest BCUT2D eigenvalue weighted by Gasteiger charge is -2.17. The normalized spacial score (nSPS) is 11.5. The van der Waals surface area contributed by atoms with Crippen LogP contribution in [0.25, 0.3) is 0 Å². The summed E-state index contributed by atoms with van der Waals surface area (Å²) in [6.45, 7) is 3.61. The number of nitrogens with one attached hydrogen (secondary N) is 1. The maximum absolute atomic E-state index is 12.1. The van der Waals surface area contributed by atoms with E-state index in [2.05, 4.69) is 5.32 Å². The molecule has 0 radical (unpaired) electrons. The Bertz CT molecular complexity index is 470. The van der Waals surface area contributed by atoms with Crippen molar-refractivity contribution in [3.8, 4) is 0 Å². The van der Waals surface area contributed by atoms with Crippen molar-refractivity contribution in [3.63, 3.8) is 0 Å². The predicted octanol–water partition coefficient (Wildman–Crippen LogP) is 1.78. The average Bonchev–Trinajstić information content (AvgIpc) is 2.45. The first-order chi connectivity index (χ1) is 9.60. The molecule has 0 saturated carbocycles. The van der Waals surface area contributed by atoms with Crippen LogP contribution in [-0.4, -0.2) is 24.3 Å². The van der Waals surface area contributed by atoms with Crippen LogP contribution in [-0.2, 0) is 19.1 Å². The van der Waals surface area contributed by atoms with E-state index in [1.165, 1.54) is 0 Å². The fourth-order valence-corrected chi connectivity index (χ4v) is 1.73. The zero-order valence-corrected chi connectivity index (χ0v) is 11.7. The summed E-state index contributed by atoms with van der Waals surface area (Å²) in [6, 6.07) is 7.67. The van der Waals surface area contributed by atoms with E-state index in [1.54, 1.807) is 37.3 Å². The fourth-order valence-electron chi connectivity index (χ4n) is 1.73. The molecule has 1 amide bonds. The van der Waals surface area contributed by atoms with E-state index in [0.29, 0.717) is 18.4 Å². The van der Waals surface area contributed by atoms with Crippen LogP contribution in [0.15, 0.2) is 30.3 Å². The standard InChI is InChI=1S/C15H19NO4/c1-3-8-12(17)16-13(11-9-6-5-7-10-11)14(18)15(19)20-4-2/h5-7,9-10,13H,3-4,8H2,1-2H3,(H,16,17). The van der Waals surface area contributed by atoms with Crippen LogP contribution in [0.1, 0.15) is 38.3 Å². The molecule has 1 aromatic carbocycles. The average molecular weight is 277 g/mol. The van der Waals surface area contributed by atoms with Crippen molar-refractivity contribution in [3.05, 3.63) is 35.9 Å². The first kappa shape index (κ1) is 15.9. The molecule has 0 bridgehead atoms. The third kappa shape index (κ3) is 4.50. The summed E-state index contributed by atoms with van der Waals surface area (Å²) < 4.78 is 4.71. The molecule has 5 heteroatoms. The van der Waals surface area contributed by atoms with E-state index in [0.717, 1.165) is 0 Å². The predicted molar refractivity (Wildman–Crippen MR) is 73.9 cm³/mol. The van der Waals surface area contributed by atoms with Gasteiger partial charge in [0.05, 0.1) is 6.61 Å². The van der Waals surface area contributed by atoms with Crippen molar-refractivity contribution in [2.24, 2.45) is 0 Å². The van der Waals surface area contributed by atoms with Crippen molar-refractivity contribution >= 4 is 17.7 Å². The third-order valence-electron chi connectivity index (χ3n) is 2.65. The molecule has 108 valence electrons. The molecule has 5 nitrogen and oxygen atoms in total. The first-order valence-corrected chi connectivity index (χ1v) is 6.65. The van der Waals surface area contributed by atoms with Crippen LogP contribution in [0.2, 0.25) is 0 Å². The van der Waals surface area contributed by atoms with Gasteiger partial charge in [-0.15, -0.1) is 0 Å². The number of esters is 1. The van der Waals surface area contributed by atoms with Gasteiger partial charge >= 0.3 is 5.97 Å². The summed E-state index contributed by atoms with van der Waals surface area (Å²) in [4.78, 5) is 35.4. The molecule has 20 heavy (non-hydrogen) atoms. The smallest absolute Gasteiger partial charge is 0.377 e. The SMILES string of the molecule is CCCC(=O)NC(C(=O)C(=O)OCC)c1ccccc1. The number of carbonyl (C=O) groups excluding carboxylic acids is 3. The van der Waals surface area contributed by atoms with Gasteiger partial charge in [-0.2, -0.15) is 0 Å². The molecule has 0 spiro atoms. The van der Waals surface area contributed by atoms with Gasteiger partial charge in [-0.25, -0.2) is 4.79 Å². The summed E-state index contributed by atoms with van der Waals surface area (Å²) in [7, 11) is 0. The van der Waals surface area contributed by atoms with Gasteiger partial charge in [0, 0.05) is 6.42 Å².